The molecule has 1 N–H and O–H groups in total. The first-order valence-electron chi connectivity index (χ1n) is 4.90. The van der Waals surface area contributed by atoms with Gasteiger partial charge in [-0.3, -0.25) is 0 Å². The van der Waals surface area contributed by atoms with Gasteiger partial charge < -0.3 is 5.11 Å². The number of allylic oxidation sites excluding steroid dienone is 1. The summed E-state index contributed by atoms with van der Waals surface area (Å²) in [6.07, 6.45) is 7.52. The third kappa shape index (κ3) is 4.55. The Morgan fingerprint density at radius 2 is 2.00 bits per heavy atom. The van der Waals surface area contributed by atoms with E-state index in [-0.39, 0.29) is 5.92 Å². The molecule has 0 aliphatic rings. The van der Waals surface area contributed by atoms with Gasteiger partial charge in [0, 0.05) is 0 Å². The highest BCUT2D eigenvalue weighted by atomic mass is 16.3. The van der Waals surface area contributed by atoms with E-state index in [1.807, 2.05) is 26.8 Å². The Balaban J connectivity index is 3.80. The Morgan fingerprint density at radius 3 is 2.42 bits per heavy atom. The van der Waals surface area contributed by atoms with Crippen LogP contribution in [-0.2, 0) is 0 Å². The summed E-state index contributed by atoms with van der Waals surface area (Å²) in [5.74, 6) is 0.287. The first-order valence-corrected chi connectivity index (χ1v) is 4.90. The average molecular weight is 170 g/mol. The Bertz CT molecular complexity index is 134. The number of hydrogen-bond donors (Lipinski definition) is 1. The van der Waals surface area contributed by atoms with E-state index >= 15 is 0 Å². The minimum atomic E-state index is -0.631. The molecule has 1 nitrogen and oxygen atoms in total. The molecule has 1 heteroatoms. The van der Waals surface area contributed by atoms with Crippen molar-refractivity contribution < 1.29 is 5.11 Å². The van der Waals surface area contributed by atoms with Crippen LogP contribution in [0.25, 0.3) is 0 Å². The fraction of sp³-hybridized carbons (Fsp3) is 0.818. The molecule has 0 bridgehead atoms. The van der Waals surface area contributed by atoms with Crippen molar-refractivity contribution in [2.24, 2.45) is 5.92 Å². The van der Waals surface area contributed by atoms with E-state index in [0.717, 1.165) is 6.42 Å². The van der Waals surface area contributed by atoms with E-state index in [2.05, 4.69) is 13.0 Å². The molecule has 0 radical (unpaired) electrons. The second-order valence-corrected chi connectivity index (χ2v) is 3.93. The van der Waals surface area contributed by atoms with Crippen LogP contribution in [0.1, 0.15) is 47.0 Å². The first-order chi connectivity index (χ1) is 5.50. The Morgan fingerprint density at radius 1 is 1.42 bits per heavy atom. The van der Waals surface area contributed by atoms with Gasteiger partial charge in [0.2, 0.25) is 0 Å². The van der Waals surface area contributed by atoms with Crippen LogP contribution in [0.5, 0.6) is 0 Å². The summed E-state index contributed by atoms with van der Waals surface area (Å²) < 4.78 is 0. The molecule has 0 amide bonds. The Kier molecular flexibility index (Phi) is 5.23. The van der Waals surface area contributed by atoms with Gasteiger partial charge >= 0.3 is 0 Å². The van der Waals surface area contributed by atoms with E-state index in [4.69, 9.17) is 0 Å². The van der Waals surface area contributed by atoms with Crippen LogP contribution in [0, 0.1) is 5.92 Å². The lowest BCUT2D eigenvalue weighted by Crippen LogP contribution is -2.27. The second kappa shape index (κ2) is 5.36. The summed E-state index contributed by atoms with van der Waals surface area (Å²) in [4.78, 5) is 0. The molecule has 0 heterocycles. The molecular weight excluding hydrogens is 148 g/mol. The van der Waals surface area contributed by atoms with Crippen molar-refractivity contribution in [2.75, 3.05) is 0 Å². The highest BCUT2D eigenvalue weighted by Gasteiger charge is 2.20. The smallest absolute Gasteiger partial charge is 0.0822 e. The molecule has 0 aromatic carbocycles. The van der Waals surface area contributed by atoms with Gasteiger partial charge in [0.1, 0.15) is 0 Å². The van der Waals surface area contributed by atoms with Gasteiger partial charge in [0.15, 0.2) is 0 Å². The van der Waals surface area contributed by atoms with Crippen molar-refractivity contribution in [1.29, 1.82) is 0 Å². The maximum Gasteiger partial charge on any atom is 0.0822 e. The molecule has 0 rings (SSSR count). The molecule has 0 spiro atoms. The van der Waals surface area contributed by atoms with Gasteiger partial charge in [0.05, 0.1) is 5.60 Å². The van der Waals surface area contributed by atoms with E-state index < -0.39 is 5.60 Å². The molecule has 12 heavy (non-hydrogen) atoms. The lowest BCUT2D eigenvalue weighted by Gasteiger charge is -2.23. The Labute approximate surface area is 76.5 Å². The minimum Gasteiger partial charge on any atom is -0.386 e. The number of rotatable bonds is 5. The summed E-state index contributed by atoms with van der Waals surface area (Å²) in [5.41, 5.74) is -0.631. The van der Waals surface area contributed by atoms with Gasteiger partial charge in [-0.1, -0.05) is 45.8 Å². The maximum absolute atomic E-state index is 9.80. The lowest BCUT2D eigenvalue weighted by molar-refractivity contribution is 0.0623. The minimum absolute atomic E-state index is 0.287. The fourth-order valence-electron chi connectivity index (χ4n) is 0.836. The van der Waals surface area contributed by atoms with Gasteiger partial charge in [-0.25, -0.2) is 0 Å². The molecular formula is C11H22O. The molecule has 1 atom stereocenters. The zero-order valence-electron chi connectivity index (χ0n) is 8.80. The third-order valence-corrected chi connectivity index (χ3v) is 2.35. The molecule has 0 aliphatic heterocycles. The monoisotopic (exact) mass is 170 g/mol. The van der Waals surface area contributed by atoms with Crippen LogP contribution < -0.4 is 0 Å². The highest BCUT2D eigenvalue weighted by Crippen LogP contribution is 2.17. The van der Waals surface area contributed by atoms with Crippen molar-refractivity contribution in [2.45, 2.75) is 52.6 Å². The van der Waals surface area contributed by atoms with Crippen molar-refractivity contribution in [3.63, 3.8) is 0 Å². The van der Waals surface area contributed by atoms with E-state index in [1.54, 1.807) is 0 Å². The van der Waals surface area contributed by atoms with Crippen LogP contribution in [0.4, 0.5) is 0 Å². The van der Waals surface area contributed by atoms with Crippen molar-refractivity contribution in [3.8, 4) is 0 Å². The van der Waals surface area contributed by atoms with E-state index in [9.17, 15) is 5.11 Å². The van der Waals surface area contributed by atoms with E-state index in [1.165, 1.54) is 12.8 Å². The zero-order valence-corrected chi connectivity index (χ0v) is 8.80. The van der Waals surface area contributed by atoms with Gasteiger partial charge in [-0.2, -0.15) is 0 Å². The Hall–Kier alpha value is -0.300. The second-order valence-electron chi connectivity index (χ2n) is 3.93. The first kappa shape index (κ1) is 11.7. The standard InChI is InChI=1S/C11H22O/c1-5-6-7-8-9-11(4,12)10(2)3/h8-10,12H,5-7H2,1-4H3. The normalized spacial score (nSPS) is 17.2. The van der Waals surface area contributed by atoms with E-state index in [0.29, 0.717) is 0 Å². The quantitative estimate of drug-likeness (QED) is 0.496. The fourth-order valence-corrected chi connectivity index (χ4v) is 0.836. The van der Waals surface area contributed by atoms with Gasteiger partial charge in [-0.15, -0.1) is 0 Å². The van der Waals surface area contributed by atoms with Crippen LogP contribution >= 0.6 is 0 Å². The van der Waals surface area contributed by atoms with Gasteiger partial charge in [0.25, 0.3) is 0 Å². The third-order valence-electron chi connectivity index (χ3n) is 2.35. The zero-order chi connectivity index (χ0) is 9.61. The molecule has 1 unspecified atom stereocenters. The molecule has 0 aliphatic carbocycles. The van der Waals surface area contributed by atoms with Crippen molar-refractivity contribution >= 4 is 0 Å². The molecule has 0 saturated carbocycles. The topological polar surface area (TPSA) is 20.2 Å². The number of unbranched alkanes of at least 4 members (excludes halogenated alkanes) is 2. The predicted octanol–water partition coefficient (Wildman–Crippen LogP) is 3.14. The summed E-state index contributed by atoms with van der Waals surface area (Å²) in [6.45, 7) is 8.10. The number of hydrogen-bond acceptors (Lipinski definition) is 1. The van der Waals surface area contributed by atoms with Crippen LogP contribution in [0.3, 0.4) is 0 Å². The molecule has 0 fully saturated rings. The predicted molar refractivity (Wildman–Crippen MR) is 54.1 cm³/mol. The lowest BCUT2D eigenvalue weighted by atomic mass is 9.92. The van der Waals surface area contributed by atoms with Gasteiger partial charge in [-0.05, 0) is 19.3 Å². The van der Waals surface area contributed by atoms with Crippen molar-refractivity contribution in [1.82, 2.24) is 0 Å². The summed E-state index contributed by atoms with van der Waals surface area (Å²) >= 11 is 0. The van der Waals surface area contributed by atoms with Crippen molar-refractivity contribution in [3.05, 3.63) is 12.2 Å². The van der Waals surface area contributed by atoms with Crippen LogP contribution in [0.15, 0.2) is 12.2 Å². The molecule has 72 valence electrons. The van der Waals surface area contributed by atoms with Crippen LogP contribution in [-0.4, -0.2) is 10.7 Å². The van der Waals surface area contributed by atoms with Crippen LogP contribution in [0.2, 0.25) is 0 Å². The summed E-state index contributed by atoms with van der Waals surface area (Å²) in [7, 11) is 0. The SMILES string of the molecule is CCCCC=CC(C)(O)C(C)C. The largest absolute Gasteiger partial charge is 0.386 e. The molecule has 0 aromatic heterocycles. The highest BCUT2D eigenvalue weighted by molar-refractivity contribution is 4.99. The summed E-state index contributed by atoms with van der Waals surface area (Å²) in [6, 6.07) is 0. The average Bonchev–Trinajstić information content (AvgIpc) is 1.98. The number of aliphatic hydroxyl groups is 1. The maximum atomic E-state index is 9.80. The molecule has 0 saturated heterocycles. The molecule has 0 aromatic rings. The summed E-state index contributed by atoms with van der Waals surface area (Å²) in [5, 5.41) is 9.80.